The molecule has 0 unspecified atom stereocenters. The van der Waals surface area contributed by atoms with E-state index in [2.05, 4.69) is 53.0 Å². The van der Waals surface area contributed by atoms with E-state index in [1.165, 1.54) is 5.56 Å². The molecule has 4 aromatic rings. The molecule has 1 aliphatic rings. The van der Waals surface area contributed by atoms with Crippen molar-refractivity contribution in [2.75, 3.05) is 11.1 Å². The first-order valence-corrected chi connectivity index (χ1v) is 11.5. The van der Waals surface area contributed by atoms with Gasteiger partial charge in [0.1, 0.15) is 5.82 Å². The molecule has 3 heterocycles. The zero-order valence-electron chi connectivity index (χ0n) is 17.6. The number of para-hydroxylation sites is 1. The Morgan fingerprint density at radius 1 is 1.06 bits per heavy atom. The third-order valence-electron chi connectivity index (χ3n) is 5.19. The smallest absolute Gasteiger partial charge is 0.232 e. The van der Waals surface area contributed by atoms with Gasteiger partial charge in [-0.1, -0.05) is 36.9 Å². The van der Waals surface area contributed by atoms with Crippen LogP contribution in [0.25, 0.3) is 11.4 Å². The zero-order valence-corrected chi connectivity index (χ0v) is 18.5. The van der Waals surface area contributed by atoms with Crippen LogP contribution >= 0.6 is 11.8 Å². The van der Waals surface area contributed by atoms with E-state index in [-0.39, 0.29) is 5.95 Å². The number of aromatic nitrogens is 7. The quantitative estimate of drug-likeness (QED) is 0.387. The average molecular weight is 446 g/mol. The number of nitrogens with one attached hydrogen (secondary N) is 1. The van der Waals surface area contributed by atoms with Crippen LogP contribution in [0.5, 0.6) is 0 Å². The summed E-state index contributed by atoms with van der Waals surface area (Å²) in [6.07, 6.45) is 6.71. The highest BCUT2D eigenvalue weighted by Gasteiger charge is 2.30. The molecule has 3 aromatic heterocycles. The molecular formula is C22H23N9S. The van der Waals surface area contributed by atoms with E-state index in [0.29, 0.717) is 23.6 Å². The fourth-order valence-corrected chi connectivity index (χ4v) is 4.35. The highest BCUT2D eigenvalue weighted by molar-refractivity contribution is 7.98. The Bertz CT molecular complexity index is 1220. The third kappa shape index (κ3) is 4.40. The Morgan fingerprint density at radius 3 is 2.66 bits per heavy atom. The monoisotopic (exact) mass is 445 g/mol. The molecule has 0 spiro atoms. The fraction of sp³-hybridized carbons (Fsp3) is 0.273. The van der Waals surface area contributed by atoms with Gasteiger partial charge in [-0.2, -0.15) is 15.0 Å². The molecule has 0 amide bonds. The summed E-state index contributed by atoms with van der Waals surface area (Å²) in [6.45, 7) is 2.11. The van der Waals surface area contributed by atoms with Gasteiger partial charge in [0.25, 0.3) is 0 Å². The van der Waals surface area contributed by atoms with Crippen LogP contribution < -0.4 is 11.1 Å². The van der Waals surface area contributed by atoms with Crippen LogP contribution in [0.1, 0.15) is 37.2 Å². The van der Waals surface area contributed by atoms with E-state index in [4.69, 9.17) is 5.73 Å². The van der Waals surface area contributed by atoms with Crippen molar-refractivity contribution in [2.24, 2.45) is 0 Å². The number of pyridine rings is 1. The maximum absolute atomic E-state index is 5.97. The highest BCUT2D eigenvalue weighted by Crippen LogP contribution is 2.41. The number of rotatable bonds is 8. The van der Waals surface area contributed by atoms with E-state index in [9.17, 15) is 0 Å². The Hall–Kier alpha value is -3.53. The lowest BCUT2D eigenvalue weighted by atomic mass is 10.1. The van der Waals surface area contributed by atoms with Gasteiger partial charge in [0.15, 0.2) is 11.0 Å². The first-order chi connectivity index (χ1) is 15.7. The molecule has 1 fully saturated rings. The van der Waals surface area contributed by atoms with Gasteiger partial charge in [0.05, 0.1) is 5.75 Å². The molecule has 0 bridgehead atoms. The van der Waals surface area contributed by atoms with Crippen molar-refractivity contribution < 1.29 is 0 Å². The molecule has 0 radical (unpaired) electrons. The van der Waals surface area contributed by atoms with E-state index in [0.717, 1.165) is 41.5 Å². The summed E-state index contributed by atoms with van der Waals surface area (Å²) in [7, 11) is 0. The molecule has 1 aliphatic carbocycles. The van der Waals surface area contributed by atoms with Crippen LogP contribution in [-0.4, -0.2) is 34.7 Å². The van der Waals surface area contributed by atoms with Gasteiger partial charge in [0, 0.05) is 29.7 Å². The Kier molecular flexibility index (Phi) is 5.68. The molecule has 3 N–H and O–H groups in total. The summed E-state index contributed by atoms with van der Waals surface area (Å²) < 4.78 is 2.21. The van der Waals surface area contributed by atoms with Gasteiger partial charge in [-0.15, -0.1) is 10.2 Å². The first kappa shape index (κ1) is 20.4. The lowest BCUT2D eigenvalue weighted by Crippen LogP contribution is -2.07. The largest absolute Gasteiger partial charge is 0.368 e. The van der Waals surface area contributed by atoms with Crippen LogP contribution in [-0.2, 0) is 12.2 Å². The minimum atomic E-state index is 0.188. The summed E-state index contributed by atoms with van der Waals surface area (Å²) in [4.78, 5) is 17.2. The lowest BCUT2D eigenvalue weighted by Gasteiger charge is -2.11. The van der Waals surface area contributed by atoms with Crippen LogP contribution in [0.3, 0.4) is 0 Å². The maximum atomic E-state index is 5.97. The van der Waals surface area contributed by atoms with Gasteiger partial charge in [-0.25, -0.2) is 0 Å². The molecule has 1 saturated carbocycles. The number of nitrogen functional groups attached to an aromatic ring is 1. The molecule has 0 atom stereocenters. The molecule has 9 nitrogen and oxygen atoms in total. The van der Waals surface area contributed by atoms with Gasteiger partial charge in [0.2, 0.25) is 11.9 Å². The molecule has 5 rings (SSSR count). The predicted octanol–water partition coefficient (Wildman–Crippen LogP) is 4.04. The first-order valence-electron chi connectivity index (χ1n) is 10.5. The average Bonchev–Trinajstić information content (AvgIpc) is 3.57. The minimum absolute atomic E-state index is 0.188. The zero-order chi connectivity index (χ0) is 21.9. The summed E-state index contributed by atoms with van der Waals surface area (Å²) in [5, 5.41) is 13.0. The SMILES string of the molecule is CCc1ccccc1Nc1nc(N)nc(CSc2nnc(-c3ccncc3)n2C2CC2)n1. The van der Waals surface area contributed by atoms with Crippen LogP contribution in [0.2, 0.25) is 0 Å². The molecule has 162 valence electrons. The van der Waals surface area contributed by atoms with Gasteiger partial charge in [-0.05, 0) is 43.0 Å². The van der Waals surface area contributed by atoms with Gasteiger partial charge >= 0.3 is 0 Å². The topological polar surface area (TPSA) is 120 Å². The van der Waals surface area contributed by atoms with Crippen LogP contribution in [0, 0.1) is 0 Å². The molecule has 0 saturated heterocycles. The van der Waals surface area contributed by atoms with Crippen molar-refractivity contribution in [1.82, 2.24) is 34.7 Å². The maximum Gasteiger partial charge on any atom is 0.232 e. The number of nitrogens with two attached hydrogens (primary N) is 1. The highest BCUT2D eigenvalue weighted by atomic mass is 32.2. The van der Waals surface area contributed by atoms with Crippen LogP contribution in [0.15, 0.2) is 53.9 Å². The van der Waals surface area contributed by atoms with Gasteiger partial charge < -0.3 is 11.1 Å². The number of thioether (sulfide) groups is 1. The Morgan fingerprint density at radius 2 is 1.88 bits per heavy atom. The molecule has 10 heteroatoms. The summed E-state index contributed by atoms with van der Waals surface area (Å²) in [5.41, 5.74) is 9.13. The summed E-state index contributed by atoms with van der Waals surface area (Å²) in [5.74, 6) is 2.60. The number of anilines is 3. The number of nitrogens with zero attached hydrogens (tertiary/aromatic N) is 7. The number of hydrogen-bond acceptors (Lipinski definition) is 9. The van der Waals surface area contributed by atoms with Crippen molar-refractivity contribution in [3.05, 3.63) is 60.2 Å². The number of aryl methyl sites for hydroxylation is 1. The van der Waals surface area contributed by atoms with E-state index in [1.807, 2.05) is 30.3 Å². The fourth-order valence-electron chi connectivity index (χ4n) is 3.49. The van der Waals surface area contributed by atoms with Gasteiger partial charge in [-0.3, -0.25) is 9.55 Å². The summed E-state index contributed by atoms with van der Waals surface area (Å²) in [6, 6.07) is 12.4. The summed E-state index contributed by atoms with van der Waals surface area (Å²) >= 11 is 1.55. The third-order valence-corrected chi connectivity index (χ3v) is 6.13. The second-order valence-electron chi connectivity index (χ2n) is 7.50. The normalized spacial score (nSPS) is 13.3. The predicted molar refractivity (Wildman–Crippen MR) is 124 cm³/mol. The van der Waals surface area contributed by atoms with Crippen molar-refractivity contribution in [3.63, 3.8) is 0 Å². The molecular weight excluding hydrogens is 422 g/mol. The Labute approximate surface area is 190 Å². The van der Waals surface area contributed by atoms with Crippen molar-refractivity contribution in [1.29, 1.82) is 0 Å². The van der Waals surface area contributed by atoms with Crippen molar-refractivity contribution in [3.8, 4) is 11.4 Å². The van der Waals surface area contributed by atoms with Crippen molar-refractivity contribution in [2.45, 2.75) is 43.1 Å². The Balaban J connectivity index is 1.36. The molecule has 1 aromatic carbocycles. The van der Waals surface area contributed by atoms with Crippen molar-refractivity contribution >= 4 is 29.3 Å². The lowest BCUT2D eigenvalue weighted by molar-refractivity contribution is 0.669. The standard InChI is InChI=1S/C22H23N9S/c1-2-14-5-3-4-6-17(14)25-21-27-18(26-20(23)28-21)13-32-22-30-29-19(31(22)16-7-8-16)15-9-11-24-12-10-15/h3-6,9-12,16H,2,7-8,13H2,1H3,(H3,23,25,26,27,28). The second kappa shape index (κ2) is 8.91. The van der Waals surface area contributed by atoms with Crippen LogP contribution in [0.4, 0.5) is 17.6 Å². The second-order valence-corrected chi connectivity index (χ2v) is 8.44. The van der Waals surface area contributed by atoms with E-state index < -0.39 is 0 Å². The van der Waals surface area contributed by atoms with E-state index in [1.54, 1.807) is 24.2 Å². The number of benzene rings is 1. The minimum Gasteiger partial charge on any atom is -0.368 e. The van der Waals surface area contributed by atoms with E-state index >= 15 is 0 Å². The molecule has 0 aliphatic heterocycles. The molecule has 32 heavy (non-hydrogen) atoms. The number of hydrogen-bond donors (Lipinski definition) is 2.